The Balaban J connectivity index is 3.39. The number of carbonyl (C=O) groups is 2. The van der Waals surface area contributed by atoms with Crippen LogP contribution in [0.2, 0.25) is 0 Å². The summed E-state index contributed by atoms with van der Waals surface area (Å²) in [6.07, 6.45) is 0.672. The van der Waals surface area contributed by atoms with Crippen molar-refractivity contribution in [2.45, 2.75) is 26.7 Å². The van der Waals surface area contributed by atoms with E-state index in [0.29, 0.717) is 13.0 Å². The number of ether oxygens (including phenoxy) is 1. The van der Waals surface area contributed by atoms with E-state index in [1.54, 1.807) is 0 Å². The van der Waals surface area contributed by atoms with Crippen molar-refractivity contribution >= 4 is 11.9 Å². The van der Waals surface area contributed by atoms with Crippen LogP contribution in [0.15, 0.2) is 0 Å². The van der Waals surface area contributed by atoms with Crippen molar-refractivity contribution < 1.29 is 19.4 Å². The summed E-state index contributed by atoms with van der Waals surface area (Å²) in [5, 5.41) is 8.33. The topological polar surface area (TPSA) is 63.6 Å². The van der Waals surface area contributed by atoms with E-state index in [4.69, 9.17) is 9.84 Å². The molecule has 0 radical (unpaired) electrons. The molecular formula is C8H14O4. The van der Waals surface area contributed by atoms with E-state index in [1.807, 2.05) is 6.92 Å². The van der Waals surface area contributed by atoms with Crippen LogP contribution in [0.5, 0.6) is 0 Å². The molecule has 4 heteroatoms. The van der Waals surface area contributed by atoms with E-state index in [-0.39, 0.29) is 18.3 Å². The second-order valence-electron chi connectivity index (χ2n) is 2.84. The van der Waals surface area contributed by atoms with Crippen LogP contribution < -0.4 is 0 Å². The van der Waals surface area contributed by atoms with Crippen LogP contribution in [0, 0.1) is 5.92 Å². The Labute approximate surface area is 71.5 Å². The Hall–Kier alpha value is -1.06. The number of carboxylic acids is 1. The van der Waals surface area contributed by atoms with Crippen LogP contribution in [0.3, 0.4) is 0 Å². The van der Waals surface area contributed by atoms with Gasteiger partial charge in [-0.15, -0.1) is 0 Å². The van der Waals surface area contributed by atoms with Gasteiger partial charge in [0, 0.05) is 13.3 Å². The lowest BCUT2D eigenvalue weighted by Crippen LogP contribution is -2.10. The molecule has 0 fully saturated rings. The first-order valence-corrected chi connectivity index (χ1v) is 3.87. The molecule has 1 N–H and O–H groups in total. The average molecular weight is 174 g/mol. The number of esters is 1. The SMILES string of the molecule is CC(=O)OCC(C)CCC(=O)O. The van der Waals surface area contributed by atoms with Gasteiger partial charge in [-0.3, -0.25) is 9.59 Å². The lowest BCUT2D eigenvalue weighted by Gasteiger charge is -2.08. The van der Waals surface area contributed by atoms with E-state index in [9.17, 15) is 9.59 Å². The summed E-state index contributed by atoms with van der Waals surface area (Å²) in [4.78, 5) is 20.5. The van der Waals surface area contributed by atoms with Crippen molar-refractivity contribution in [1.82, 2.24) is 0 Å². The first kappa shape index (κ1) is 10.9. The van der Waals surface area contributed by atoms with Crippen LogP contribution in [0.4, 0.5) is 0 Å². The second-order valence-corrected chi connectivity index (χ2v) is 2.84. The third-order valence-electron chi connectivity index (χ3n) is 1.42. The van der Waals surface area contributed by atoms with Gasteiger partial charge in [-0.05, 0) is 12.3 Å². The summed E-state index contributed by atoms with van der Waals surface area (Å²) < 4.78 is 4.70. The maximum Gasteiger partial charge on any atom is 0.303 e. The Bertz CT molecular complexity index is 146. The Morgan fingerprint density at radius 2 is 2.08 bits per heavy atom. The predicted octanol–water partition coefficient (Wildman–Crippen LogP) is 1.05. The van der Waals surface area contributed by atoms with E-state index in [0.717, 1.165) is 0 Å². The number of rotatable bonds is 5. The molecule has 70 valence electrons. The van der Waals surface area contributed by atoms with Crippen molar-refractivity contribution in [2.75, 3.05) is 6.61 Å². The zero-order valence-electron chi connectivity index (χ0n) is 7.37. The first-order chi connectivity index (χ1) is 5.52. The largest absolute Gasteiger partial charge is 0.481 e. The highest BCUT2D eigenvalue weighted by molar-refractivity contribution is 5.66. The van der Waals surface area contributed by atoms with Gasteiger partial charge in [0.25, 0.3) is 0 Å². The van der Waals surface area contributed by atoms with Gasteiger partial charge in [0.2, 0.25) is 0 Å². The summed E-state index contributed by atoms with van der Waals surface area (Å²) in [7, 11) is 0. The fraction of sp³-hybridized carbons (Fsp3) is 0.750. The third kappa shape index (κ3) is 7.05. The molecule has 4 nitrogen and oxygen atoms in total. The van der Waals surface area contributed by atoms with Crippen LogP contribution in [0.25, 0.3) is 0 Å². The lowest BCUT2D eigenvalue weighted by atomic mass is 10.1. The van der Waals surface area contributed by atoms with Gasteiger partial charge in [-0.1, -0.05) is 6.92 Å². The van der Waals surface area contributed by atoms with E-state index in [1.165, 1.54) is 6.92 Å². The summed E-state index contributed by atoms with van der Waals surface area (Å²) in [5.74, 6) is -1.02. The fourth-order valence-electron chi connectivity index (χ4n) is 0.713. The van der Waals surface area contributed by atoms with Gasteiger partial charge >= 0.3 is 11.9 Å². The minimum absolute atomic E-state index is 0.116. The predicted molar refractivity (Wildman–Crippen MR) is 42.7 cm³/mol. The highest BCUT2D eigenvalue weighted by Crippen LogP contribution is 2.05. The number of hydrogen-bond donors (Lipinski definition) is 1. The van der Waals surface area contributed by atoms with Crippen LogP contribution in [0.1, 0.15) is 26.7 Å². The van der Waals surface area contributed by atoms with Crippen molar-refractivity contribution in [2.24, 2.45) is 5.92 Å². The van der Waals surface area contributed by atoms with E-state index in [2.05, 4.69) is 0 Å². The summed E-state index contributed by atoms with van der Waals surface area (Å²) >= 11 is 0. The molecule has 1 unspecified atom stereocenters. The summed E-state index contributed by atoms with van der Waals surface area (Å²) in [5.41, 5.74) is 0. The fourth-order valence-corrected chi connectivity index (χ4v) is 0.713. The molecule has 0 rings (SSSR count). The number of hydrogen-bond acceptors (Lipinski definition) is 3. The van der Waals surface area contributed by atoms with Crippen LogP contribution in [-0.4, -0.2) is 23.7 Å². The smallest absolute Gasteiger partial charge is 0.303 e. The zero-order valence-corrected chi connectivity index (χ0v) is 7.37. The van der Waals surface area contributed by atoms with Gasteiger partial charge in [-0.2, -0.15) is 0 Å². The minimum atomic E-state index is -0.815. The molecule has 0 saturated heterocycles. The van der Waals surface area contributed by atoms with Gasteiger partial charge in [-0.25, -0.2) is 0 Å². The van der Waals surface area contributed by atoms with Crippen molar-refractivity contribution in [3.8, 4) is 0 Å². The quantitative estimate of drug-likeness (QED) is 0.633. The van der Waals surface area contributed by atoms with E-state index < -0.39 is 5.97 Å². The van der Waals surface area contributed by atoms with Gasteiger partial charge < -0.3 is 9.84 Å². The number of carboxylic acid groups (broad SMARTS) is 1. The molecule has 0 amide bonds. The molecule has 0 aliphatic heterocycles. The average Bonchev–Trinajstić information content (AvgIpc) is 1.96. The maximum atomic E-state index is 10.3. The van der Waals surface area contributed by atoms with E-state index >= 15 is 0 Å². The lowest BCUT2D eigenvalue weighted by molar-refractivity contribution is -0.142. The molecule has 0 heterocycles. The summed E-state index contributed by atoms with van der Waals surface area (Å²) in [6.45, 7) is 3.50. The first-order valence-electron chi connectivity index (χ1n) is 3.87. The normalized spacial score (nSPS) is 12.2. The minimum Gasteiger partial charge on any atom is -0.481 e. The van der Waals surface area contributed by atoms with Crippen LogP contribution in [-0.2, 0) is 14.3 Å². The Kier molecular flexibility index (Phi) is 5.08. The Morgan fingerprint density at radius 1 is 1.50 bits per heavy atom. The highest BCUT2D eigenvalue weighted by Gasteiger charge is 2.06. The molecule has 12 heavy (non-hydrogen) atoms. The molecular weight excluding hydrogens is 160 g/mol. The second kappa shape index (κ2) is 5.57. The van der Waals surface area contributed by atoms with Crippen molar-refractivity contribution in [3.05, 3.63) is 0 Å². The standard InChI is InChI=1S/C8H14O4/c1-6(3-4-8(10)11)5-12-7(2)9/h6H,3-5H2,1-2H3,(H,10,11). The van der Waals surface area contributed by atoms with Crippen LogP contribution >= 0.6 is 0 Å². The highest BCUT2D eigenvalue weighted by atomic mass is 16.5. The van der Waals surface area contributed by atoms with Gasteiger partial charge in [0.1, 0.15) is 0 Å². The molecule has 0 aliphatic rings. The maximum absolute atomic E-state index is 10.3. The molecule has 0 spiro atoms. The molecule has 0 saturated carbocycles. The molecule has 0 aromatic heterocycles. The van der Waals surface area contributed by atoms with Gasteiger partial charge in [0.15, 0.2) is 0 Å². The zero-order chi connectivity index (χ0) is 9.56. The molecule has 0 bridgehead atoms. The molecule has 1 atom stereocenters. The third-order valence-corrected chi connectivity index (χ3v) is 1.42. The van der Waals surface area contributed by atoms with Crippen molar-refractivity contribution in [1.29, 1.82) is 0 Å². The van der Waals surface area contributed by atoms with Gasteiger partial charge in [0.05, 0.1) is 6.61 Å². The molecule has 0 aromatic rings. The number of aliphatic carboxylic acids is 1. The molecule has 0 aliphatic carbocycles. The molecule has 0 aromatic carbocycles. The number of carbonyl (C=O) groups excluding carboxylic acids is 1. The monoisotopic (exact) mass is 174 g/mol. The Morgan fingerprint density at radius 3 is 2.50 bits per heavy atom. The van der Waals surface area contributed by atoms with Crippen molar-refractivity contribution in [3.63, 3.8) is 0 Å². The summed E-state index contributed by atoms with van der Waals surface area (Å²) in [6, 6.07) is 0.